The molecule has 5 rings (SSSR count). The third kappa shape index (κ3) is 4.64. The number of thiazole rings is 1. The number of amides is 1. The number of ether oxygens (including phenoxy) is 1. The fourth-order valence-electron chi connectivity index (χ4n) is 3.24. The van der Waals surface area contributed by atoms with Crippen molar-refractivity contribution in [1.82, 2.24) is 20.2 Å². The molecule has 0 saturated heterocycles. The van der Waals surface area contributed by atoms with E-state index in [0.29, 0.717) is 35.3 Å². The molecule has 0 unspecified atom stereocenters. The van der Waals surface area contributed by atoms with E-state index in [-0.39, 0.29) is 5.91 Å². The van der Waals surface area contributed by atoms with Gasteiger partial charge in [0.25, 0.3) is 5.91 Å². The zero-order valence-corrected chi connectivity index (χ0v) is 17.8. The lowest BCUT2D eigenvalue weighted by Crippen LogP contribution is -2.12. The molecule has 2 aromatic carbocycles. The standard InChI is InChI=1S/C23H21N5O2S/c1-14-24-19(13-31-14)12-30-20-7-3-5-17(11-20)23(29)25-18-6-2-4-16(10-18)22-26-21(27-28-22)15-8-9-15/h2-7,10-11,13,15H,8-9,12H2,1H3,(H,25,29)(H,26,27,28). The molecule has 1 amide bonds. The molecule has 2 heterocycles. The smallest absolute Gasteiger partial charge is 0.255 e. The number of aromatic nitrogens is 4. The molecule has 1 saturated carbocycles. The molecule has 4 aromatic rings. The van der Waals surface area contributed by atoms with Gasteiger partial charge in [0, 0.05) is 28.1 Å². The van der Waals surface area contributed by atoms with Crippen LogP contribution in [0.15, 0.2) is 53.9 Å². The summed E-state index contributed by atoms with van der Waals surface area (Å²) in [6.07, 6.45) is 2.33. The number of nitrogens with one attached hydrogen (secondary N) is 2. The molecular weight excluding hydrogens is 410 g/mol. The number of aromatic amines is 1. The van der Waals surface area contributed by atoms with Gasteiger partial charge in [-0.25, -0.2) is 9.97 Å². The summed E-state index contributed by atoms with van der Waals surface area (Å²) >= 11 is 1.59. The van der Waals surface area contributed by atoms with Crippen molar-refractivity contribution in [1.29, 1.82) is 0 Å². The maximum Gasteiger partial charge on any atom is 0.255 e. The number of benzene rings is 2. The molecule has 0 spiro atoms. The van der Waals surface area contributed by atoms with Gasteiger partial charge in [-0.3, -0.25) is 9.89 Å². The highest BCUT2D eigenvalue weighted by molar-refractivity contribution is 7.09. The molecule has 0 bridgehead atoms. The van der Waals surface area contributed by atoms with Crippen molar-refractivity contribution in [3.8, 4) is 17.1 Å². The number of carbonyl (C=O) groups is 1. The predicted molar refractivity (Wildman–Crippen MR) is 119 cm³/mol. The molecular formula is C23H21N5O2S. The lowest BCUT2D eigenvalue weighted by atomic mass is 10.1. The minimum Gasteiger partial charge on any atom is -0.487 e. The number of H-pyrrole nitrogens is 1. The first-order valence-corrected chi connectivity index (χ1v) is 11.0. The van der Waals surface area contributed by atoms with E-state index in [0.717, 1.165) is 34.9 Å². The minimum absolute atomic E-state index is 0.208. The van der Waals surface area contributed by atoms with E-state index >= 15 is 0 Å². The van der Waals surface area contributed by atoms with Crippen LogP contribution in [0.2, 0.25) is 0 Å². The van der Waals surface area contributed by atoms with E-state index in [9.17, 15) is 4.79 Å². The van der Waals surface area contributed by atoms with Crippen LogP contribution in [0, 0.1) is 6.92 Å². The monoisotopic (exact) mass is 431 g/mol. The molecule has 7 nitrogen and oxygen atoms in total. The van der Waals surface area contributed by atoms with Crippen LogP contribution >= 0.6 is 11.3 Å². The van der Waals surface area contributed by atoms with Crippen LogP contribution in [-0.2, 0) is 6.61 Å². The van der Waals surface area contributed by atoms with Gasteiger partial charge in [-0.2, -0.15) is 5.10 Å². The van der Waals surface area contributed by atoms with Gasteiger partial charge < -0.3 is 10.1 Å². The van der Waals surface area contributed by atoms with Gasteiger partial charge >= 0.3 is 0 Å². The van der Waals surface area contributed by atoms with E-state index in [4.69, 9.17) is 4.74 Å². The summed E-state index contributed by atoms with van der Waals surface area (Å²) < 4.78 is 5.79. The Balaban J connectivity index is 1.26. The lowest BCUT2D eigenvalue weighted by molar-refractivity contribution is 0.102. The maximum absolute atomic E-state index is 12.8. The normalized spacial score (nSPS) is 13.2. The first kappa shape index (κ1) is 19.4. The van der Waals surface area contributed by atoms with Crippen molar-refractivity contribution >= 4 is 22.9 Å². The van der Waals surface area contributed by atoms with Crippen molar-refractivity contribution in [2.45, 2.75) is 32.3 Å². The lowest BCUT2D eigenvalue weighted by Gasteiger charge is -2.09. The van der Waals surface area contributed by atoms with Crippen LogP contribution in [-0.4, -0.2) is 26.1 Å². The third-order valence-corrected chi connectivity index (χ3v) is 5.82. The van der Waals surface area contributed by atoms with Crippen molar-refractivity contribution in [3.05, 3.63) is 76.0 Å². The third-order valence-electron chi connectivity index (χ3n) is 4.99. The van der Waals surface area contributed by atoms with Crippen LogP contribution in [0.1, 0.15) is 45.6 Å². The Morgan fingerprint density at radius 1 is 1.19 bits per heavy atom. The van der Waals surface area contributed by atoms with Crippen molar-refractivity contribution in [2.75, 3.05) is 5.32 Å². The summed E-state index contributed by atoms with van der Waals surface area (Å²) in [6, 6.07) is 14.7. The Kier molecular flexibility index (Phi) is 5.21. The zero-order valence-electron chi connectivity index (χ0n) is 17.0. The fourth-order valence-corrected chi connectivity index (χ4v) is 3.84. The Hall–Kier alpha value is -3.52. The van der Waals surface area contributed by atoms with Gasteiger partial charge in [0.15, 0.2) is 5.82 Å². The van der Waals surface area contributed by atoms with E-state index in [1.807, 2.05) is 42.6 Å². The van der Waals surface area contributed by atoms with Gasteiger partial charge in [-0.1, -0.05) is 18.2 Å². The number of nitrogens with zero attached hydrogens (tertiary/aromatic N) is 3. The second-order valence-electron chi connectivity index (χ2n) is 7.53. The zero-order chi connectivity index (χ0) is 21.2. The molecule has 156 valence electrons. The second kappa shape index (κ2) is 8.31. The molecule has 1 aliphatic carbocycles. The molecule has 1 fully saturated rings. The molecule has 2 N–H and O–H groups in total. The second-order valence-corrected chi connectivity index (χ2v) is 8.59. The Bertz CT molecular complexity index is 1230. The predicted octanol–water partition coefficient (Wildman–Crippen LogP) is 4.95. The SMILES string of the molecule is Cc1nc(COc2cccc(C(=O)Nc3cccc(-c4n[nH]c(C5CC5)n4)c3)c2)cs1. The Morgan fingerprint density at radius 3 is 2.87 bits per heavy atom. The van der Waals surface area contributed by atoms with Crippen LogP contribution in [0.5, 0.6) is 5.75 Å². The highest BCUT2D eigenvalue weighted by atomic mass is 32.1. The summed E-state index contributed by atoms with van der Waals surface area (Å²) in [5, 5.41) is 13.3. The van der Waals surface area contributed by atoms with Gasteiger partial charge in [0.05, 0.1) is 10.7 Å². The average molecular weight is 432 g/mol. The number of hydrogen-bond acceptors (Lipinski definition) is 6. The minimum atomic E-state index is -0.208. The number of hydrogen-bond donors (Lipinski definition) is 2. The summed E-state index contributed by atoms with van der Waals surface area (Å²) in [6.45, 7) is 2.33. The fraction of sp³-hybridized carbons (Fsp3) is 0.217. The first-order valence-electron chi connectivity index (χ1n) is 10.1. The van der Waals surface area contributed by atoms with Crippen molar-refractivity contribution in [3.63, 3.8) is 0 Å². The number of carbonyl (C=O) groups excluding carboxylic acids is 1. The Labute approximate surface area is 183 Å². The number of aryl methyl sites for hydroxylation is 1. The van der Waals surface area contributed by atoms with Crippen LogP contribution in [0.3, 0.4) is 0 Å². The Morgan fingerprint density at radius 2 is 2.06 bits per heavy atom. The molecule has 0 atom stereocenters. The van der Waals surface area contributed by atoms with Crippen molar-refractivity contribution < 1.29 is 9.53 Å². The van der Waals surface area contributed by atoms with E-state index in [1.54, 1.807) is 29.5 Å². The highest BCUT2D eigenvalue weighted by Gasteiger charge is 2.27. The molecule has 31 heavy (non-hydrogen) atoms. The van der Waals surface area contributed by atoms with Crippen LogP contribution in [0.25, 0.3) is 11.4 Å². The summed E-state index contributed by atoms with van der Waals surface area (Å²) in [5.74, 6) is 2.51. The summed E-state index contributed by atoms with van der Waals surface area (Å²) in [4.78, 5) is 21.7. The van der Waals surface area contributed by atoms with Gasteiger partial charge in [0.2, 0.25) is 0 Å². The highest BCUT2D eigenvalue weighted by Crippen LogP contribution is 2.38. The molecule has 0 radical (unpaired) electrons. The van der Waals surface area contributed by atoms with Crippen molar-refractivity contribution in [2.24, 2.45) is 0 Å². The average Bonchev–Trinajstić information content (AvgIpc) is 3.36. The van der Waals surface area contributed by atoms with Crippen LogP contribution in [0.4, 0.5) is 5.69 Å². The van der Waals surface area contributed by atoms with E-state index < -0.39 is 0 Å². The first-order chi connectivity index (χ1) is 15.1. The van der Waals surface area contributed by atoms with Gasteiger partial charge in [0.1, 0.15) is 18.2 Å². The van der Waals surface area contributed by atoms with Gasteiger partial charge in [-0.05, 0) is 50.1 Å². The van der Waals surface area contributed by atoms with E-state index in [2.05, 4.69) is 25.5 Å². The van der Waals surface area contributed by atoms with Crippen LogP contribution < -0.4 is 10.1 Å². The molecule has 8 heteroatoms. The summed E-state index contributed by atoms with van der Waals surface area (Å²) in [5.41, 5.74) is 2.94. The number of anilines is 1. The number of rotatable bonds is 7. The molecule has 1 aliphatic rings. The summed E-state index contributed by atoms with van der Waals surface area (Å²) in [7, 11) is 0. The maximum atomic E-state index is 12.8. The molecule has 0 aliphatic heterocycles. The van der Waals surface area contributed by atoms with E-state index in [1.165, 1.54) is 0 Å². The topological polar surface area (TPSA) is 92.8 Å². The quantitative estimate of drug-likeness (QED) is 0.432. The molecule has 2 aromatic heterocycles. The largest absolute Gasteiger partial charge is 0.487 e. The van der Waals surface area contributed by atoms with Gasteiger partial charge in [-0.15, -0.1) is 11.3 Å².